The van der Waals surface area contributed by atoms with E-state index >= 15 is 0 Å². The fraction of sp³-hybridized carbons (Fsp3) is 0.571. The predicted octanol–water partition coefficient (Wildman–Crippen LogP) is 0.494. The molecule has 6 nitrogen and oxygen atoms in total. The lowest BCUT2D eigenvalue weighted by molar-refractivity contribution is -0.000406. The molecule has 1 saturated heterocycles. The maximum Gasteiger partial charge on any atom is 0.244 e. The second kappa shape index (κ2) is 6.31. The van der Waals surface area contributed by atoms with Gasteiger partial charge in [-0.2, -0.15) is 0 Å². The molecule has 1 aliphatic heterocycles. The Bertz CT molecular complexity index is 580. The highest BCUT2D eigenvalue weighted by Gasteiger charge is 2.29. The summed E-state index contributed by atoms with van der Waals surface area (Å²) in [6.45, 7) is 2.54. The number of morpholine rings is 1. The molecule has 2 N–H and O–H groups in total. The van der Waals surface area contributed by atoms with Crippen LogP contribution in [0.25, 0.3) is 0 Å². The summed E-state index contributed by atoms with van der Waals surface area (Å²) in [6, 6.07) is 6.80. The third-order valence-corrected chi connectivity index (χ3v) is 5.03. The van der Waals surface area contributed by atoms with Gasteiger partial charge in [-0.15, -0.1) is 0 Å². The van der Waals surface area contributed by atoms with Crippen LogP contribution >= 0.6 is 0 Å². The topological polar surface area (TPSA) is 76.7 Å². The monoisotopic (exact) mass is 312 g/mol. The van der Waals surface area contributed by atoms with E-state index in [1.165, 1.54) is 0 Å². The van der Waals surface area contributed by atoms with Gasteiger partial charge in [-0.25, -0.2) is 13.1 Å². The van der Waals surface area contributed by atoms with Crippen LogP contribution in [0.3, 0.4) is 0 Å². The second-order valence-electron chi connectivity index (χ2n) is 5.35. The number of benzene rings is 1. The van der Waals surface area contributed by atoms with Crippen LogP contribution in [-0.2, 0) is 14.8 Å². The highest BCUT2D eigenvalue weighted by molar-refractivity contribution is 7.89. The Balaban J connectivity index is 1.69. The fourth-order valence-electron chi connectivity index (χ4n) is 2.19. The fourth-order valence-corrected chi connectivity index (χ4v) is 3.64. The Hall–Kier alpha value is -1.15. The zero-order chi connectivity index (χ0) is 14.7. The van der Waals surface area contributed by atoms with Crippen molar-refractivity contribution in [2.75, 3.05) is 26.3 Å². The maximum atomic E-state index is 12.3. The van der Waals surface area contributed by atoms with Crippen molar-refractivity contribution in [3.8, 4) is 5.75 Å². The van der Waals surface area contributed by atoms with Crippen molar-refractivity contribution >= 4 is 10.0 Å². The first-order valence-electron chi connectivity index (χ1n) is 7.21. The smallest absolute Gasteiger partial charge is 0.244 e. The average Bonchev–Trinajstić information content (AvgIpc) is 3.30. The number of rotatable bonds is 6. The molecule has 0 spiro atoms. The molecule has 1 aromatic carbocycles. The normalized spacial score (nSPS) is 23.0. The summed E-state index contributed by atoms with van der Waals surface area (Å²) in [4.78, 5) is 0.195. The largest absolute Gasteiger partial charge is 0.489 e. The van der Waals surface area contributed by atoms with Gasteiger partial charge in [-0.1, -0.05) is 12.1 Å². The van der Waals surface area contributed by atoms with E-state index in [2.05, 4.69) is 10.0 Å². The molecule has 0 amide bonds. The summed E-state index contributed by atoms with van der Waals surface area (Å²) in [6.07, 6.45) is 1.76. The molecule has 7 heteroatoms. The minimum absolute atomic E-state index is 0.0501. The van der Waals surface area contributed by atoms with Gasteiger partial charge in [0.2, 0.25) is 10.0 Å². The maximum absolute atomic E-state index is 12.3. The molecule has 1 unspecified atom stereocenters. The summed E-state index contributed by atoms with van der Waals surface area (Å²) in [5.41, 5.74) is 0. The molecule has 0 bridgehead atoms. The van der Waals surface area contributed by atoms with E-state index in [-0.39, 0.29) is 17.0 Å². The molecular weight excluding hydrogens is 292 g/mol. The third kappa shape index (κ3) is 3.94. The van der Waals surface area contributed by atoms with Crippen molar-refractivity contribution in [2.45, 2.75) is 29.9 Å². The van der Waals surface area contributed by atoms with E-state index in [0.717, 1.165) is 25.9 Å². The second-order valence-corrected chi connectivity index (χ2v) is 7.03. The Morgan fingerprint density at radius 3 is 2.86 bits per heavy atom. The lowest BCUT2D eigenvalue weighted by Crippen LogP contribution is -2.41. The molecule has 2 aliphatic rings. The standard InChI is InChI=1S/C14H20N2O4S/c17-21(18,16-11-5-6-11)14-4-2-1-3-13(14)20-10-12-9-15-7-8-19-12/h1-4,11-12,15-16H,5-10H2. The molecule has 0 aromatic heterocycles. The van der Waals surface area contributed by atoms with Gasteiger partial charge in [0.15, 0.2) is 0 Å². The van der Waals surface area contributed by atoms with Crippen molar-refractivity contribution in [3.63, 3.8) is 0 Å². The molecule has 116 valence electrons. The summed E-state index contributed by atoms with van der Waals surface area (Å²) >= 11 is 0. The van der Waals surface area contributed by atoms with Crippen molar-refractivity contribution in [1.82, 2.24) is 10.0 Å². The number of nitrogens with one attached hydrogen (secondary N) is 2. The van der Waals surface area contributed by atoms with Crippen molar-refractivity contribution in [1.29, 1.82) is 0 Å². The number of sulfonamides is 1. The van der Waals surface area contributed by atoms with Crippen LogP contribution in [0.2, 0.25) is 0 Å². The Morgan fingerprint density at radius 2 is 2.14 bits per heavy atom. The summed E-state index contributed by atoms with van der Waals surface area (Å²) in [7, 11) is -3.51. The van der Waals surface area contributed by atoms with E-state index in [0.29, 0.717) is 19.0 Å². The average molecular weight is 312 g/mol. The van der Waals surface area contributed by atoms with Gasteiger partial charge in [0.1, 0.15) is 23.4 Å². The third-order valence-electron chi connectivity index (χ3n) is 3.47. The molecule has 1 heterocycles. The molecule has 21 heavy (non-hydrogen) atoms. The summed E-state index contributed by atoms with van der Waals surface area (Å²) in [5, 5.41) is 3.21. The van der Waals surface area contributed by atoms with Gasteiger partial charge in [0, 0.05) is 19.1 Å². The molecule has 0 radical (unpaired) electrons. The summed E-state index contributed by atoms with van der Waals surface area (Å²) in [5.74, 6) is 0.375. The highest BCUT2D eigenvalue weighted by atomic mass is 32.2. The molecule has 3 rings (SSSR count). The lowest BCUT2D eigenvalue weighted by Gasteiger charge is -2.24. The molecule has 1 atom stereocenters. The Morgan fingerprint density at radius 1 is 1.33 bits per heavy atom. The Labute approximate surface area is 124 Å². The van der Waals surface area contributed by atoms with Gasteiger partial charge in [-0.3, -0.25) is 0 Å². The van der Waals surface area contributed by atoms with Crippen molar-refractivity contribution in [3.05, 3.63) is 24.3 Å². The van der Waals surface area contributed by atoms with Crippen LogP contribution in [0.15, 0.2) is 29.2 Å². The number of hydrogen-bond donors (Lipinski definition) is 2. The number of para-hydroxylation sites is 1. The zero-order valence-corrected chi connectivity index (χ0v) is 12.6. The van der Waals surface area contributed by atoms with Gasteiger partial charge in [-0.05, 0) is 25.0 Å². The predicted molar refractivity (Wildman–Crippen MR) is 77.9 cm³/mol. The number of ether oxygens (including phenoxy) is 2. The van der Waals surface area contributed by atoms with Crippen LogP contribution in [0, 0.1) is 0 Å². The van der Waals surface area contributed by atoms with Gasteiger partial charge < -0.3 is 14.8 Å². The van der Waals surface area contributed by atoms with E-state index in [4.69, 9.17) is 9.47 Å². The lowest BCUT2D eigenvalue weighted by atomic mass is 10.3. The summed E-state index contributed by atoms with van der Waals surface area (Å²) < 4.78 is 38.5. The van der Waals surface area contributed by atoms with E-state index in [9.17, 15) is 8.42 Å². The first kappa shape index (κ1) is 14.8. The van der Waals surface area contributed by atoms with Crippen LogP contribution in [0.5, 0.6) is 5.75 Å². The molecular formula is C14H20N2O4S. The van der Waals surface area contributed by atoms with Crippen LogP contribution in [-0.4, -0.2) is 46.9 Å². The van der Waals surface area contributed by atoms with E-state index in [1.54, 1.807) is 24.3 Å². The van der Waals surface area contributed by atoms with Gasteiger partial charge in [0.05, 0.1) is 6.61 Å². The first-order chi connectivity index (χ1) is 10.1. The van der Waals surface area contributed by atoms with Crippen molar-refractivity contribution < 1.29 is 17.9 Å². The van der Waals surface area contributed by atoms with Crippen molar-refractivity contribution in [2.24, 2.45) is 0 Å². The minimum Gasteiger partial charge on any atom is -0.489 e. The molecule has 1 saturated carbocycles. The quantitative estimate of drug-likeness (QED) is 0.800. The molecule has 1 aliphatic carbocycles. The van der Waals surface area contributed by atoms with E-state index < -0.39 is 10.0 Å². The first-order valence-corrected chi connectivity index (χ1v) is 8.70. The van der Waals surface area contributed by atoms with Crippen LogP contribution in [0.4, 0.5) is 0 Å². The van der Waals surface area contributed by atoms with Crippen LogP contribution < -0.4 is 14.8 Å². The van der Waals surface area contributed by atoms with E-state index in [1.807, 2.05) is 0 Å². The zero-order valence-electron chi connectivity index (χ0n) is 11.7. The SMILES string of the molecule is O=S(=O)(NC1CC1)c1ccccc1OCC1CNCCO1. The van der Waals surface area contributed by atoms with Crippen LogP contribution in [0.1, 0.15) is 12.8 Å². The van der Waals surface area contributed by atoms with Gasteiger partial charge in [0.25, 0.3) is 0 Å². The Kier molecular flexibility index (Phi) is 4.44. The van der Waals surface area contributed by atoms with Gasteiger partial charge >= 0.3 is 0 Å². The molecule has 1 aromatic rings. The highest BCUT2D eigenvalue weighted by Crippen LogP contribution is 2.27. The minimum atomic E-state index is -3.51. The molecule has 2 fully saturated rings. The number of hydrogen-bond acceptors (Lipinski definition) is 5.